The highest BCUT2D eigenvalue weighted by Crippen LogP contribution is 2.05. The highest BCUT2D eigenvalue weighted by Gasteiger charge is 2.20. The van der Waals surface area contributed by atoms with Gasteiger partial charge < -0.3 is 14.4 Å². The van der Waals surface area contributed by atoms with Crippen LogP contribution in [0.15, 0.2) is 0 Å². The zero-order chi connectivity index (χ0) is 15.7. The van der Waals surface area contributed by atoms with Crippen molar-refractivity contribution in [1.82, 2.24) is 9.80 Å². The summed E-state index contributed by atoms with van der Waals surface area (Å²) in [7, 11) is 0. The summed E-state index contributed by atoms with van der Waals surface area (Å²) < 4.78 is 10.2. The molecule has 0 unspecified atom stereocenters. The van der Waals surface area contributed by atoms with Gasteiger partial charge in [-0.3, -0.25) is 14.5 Å². The average molecular weight is 300 g/mol. The number of amides is 1. The quantitative estimate of drug-likeness (QED) is 0.619. The van der Waals surface area contributed by atoms with Crippen LogP contribution in [0.5, 0.6) is 0 Å². The SMILES string of the molecule is CCOC(=O)CCN(CCN1CCOCC1)C(=O)C(C)C. The zero-order valence-corrected chi connectivity index (χ0v) is 13.5. The van der Waals surface area contributed by atoms with Crippen LogP contribution in [0, 0.1) is 5.92 Å². The van der Waals surface area contributed by atoms with Crippen LogP contribution in [-0.2, 0) is 19.1 Å². The molecule has 0 aromatic heterocycles. The van der Waals surface area contributed by atoms with Crippen molar-refractivity contribution in [1.29, 1.82) is 0 Å². The smallest absolute Gasteiger partial charge is 0.307 e. The second-order valence-corrected chi connectivity index (χ2v) is 5.49. The summed E-state index contributed by atoms with van der Waals surface area (Å²) in [6.45, 7) is 11.1. The summed E-state index contributed by atoms with van der Waals surface area (Å²) in [5, 5.41) is 0. The Kier molecular flexibility index (Phi) is 8.30. The molecule has 0 saturated carbocycles. The van der Waals surface area contributed by atoms with Crippen molar-refractivity contribution < 1.29 is 19.1 Å². The summed E-state index contributed by atoms with van der Waals surface area (Å²) in [6, 6.07) is 0. The number of rotatable bonds is 8. The molecule has 0 atom stereocenters. The van der Waals surface area contributed by atoms with Crippen LogP contribution in [0.1, 0.15) is 27.2 Å². The summed E-state index contributed by atoms with van der Waals surface area (Å²) in [5.74, 6) is -0.213. The minimum absolute atomic E-state index is 0.0584. The number of hydrogen-bond donors (Lipinski definition) is 0. The number of morpholine rings is 1. The molecule has 0 aromatic rings. The van der Waals surface area contributed by atoms with Crippen LogP contribution < -0.4 is 0 Å². The Hall–Kier alpha value is -1.14. The van der Waals surface area contributed by atoms with Gasteiger partial charge in [0.15, 0.2) is 0 Å². The van der Waals surface area contributed by atoms with Crippen LogP contribution >= 0.6 is 0 Å². The lowest BCUT2D eigenvalue weighted by atomic mass is 10.2. The number of hydrogen-bond acceptors (Lipinski definition) is 5. The third-order valence-corrected chi connectivity index (χ3v) is 3.49. The first-order valence-electron chi connectivity index (χ1n) is 7.79. The molecule has 1 saturated heterocycles. The third kappa shape index (κ3) is 6.91. The minimum atomic E-state index is -0.245. The molecule has 0 spiro atoms. The topological polar surface area (TPSA) is 59.1 Å². The molecular weight excluding hydrogens is 272 g/mol. The normalized spacial score (nSPS) is 16.0. The molecule has 1 amide bonds. The van der Waals surface area contributed by atoms with Crippen LogP contribution in [0.3, 0.4) is 0 Å². The summed E-state index contributed by atoms with van der Waals surface area (Å²) in [4.78, 5) is 27.7. The van der Waals surface area contributed by atoms with Crippen molar-refractivity contribution >= 4 is 11.9 Å². The van der Waals surface area contributed by atoms with Gasteiger partial charge in [0.1, 0.15) is 0 Å². The highest BCUT2D eigenvalue weighted by atomic mass is 16.5. The molecule has 6 heteroatoms. The van der Waals surface area contributed by atoms with Gasteiger partial charge in [-0.1, -0.05) is 13.8 Å². The van der Waals surface area contributed by atoms with Gasteiger partial charge in [-0.05, 0) is 6.92 Å². The summed E-state index contributed by atoms with van der Waals surface area (Å²) >= 11 is 0. The van der Waals surface area contributed by atoms with Gasteiger partial charge in [-0.2, -0.15) is 0 Å². The Morgan fingerprint density at radius 2 is 1.90 bits per heavy atom. The van der Waals surface area contributed by atoms with Crippen LogP contribution in [0.25, 0.3) is 0 Å². The van der Waals surface area contributed by atoms with E-state index in [4.69, 9.17) is 9.47 Å². The van der Waals surface area contributed by atoms with E-state index in [0.717, 1.165) is 32.8 Å². The maximum atomic E-state index is 12.2. The number of nitrogens with zero attached hydrogens (tertiary/aromatic N) is 2. The first-order valence-corrected chi connectivity index (χ1v) is 7.79. The predicted molar refractivity (Wildman–Crippen MR) is 79.9 cm³/mol. The first-order chi connectivity index (χ1) is 10.0. The molecule has 6 nitrogen and oxygen atoms in total. The van der Waals surface area contributed by atoms with Gasteiger partial charge in [-0.15, -0.1) is 0 Å². The fourth-order valence-electron chi connectivity index (χ4n) is 2.24. The minimum Gasteiger partial charge on any atom is -0.466 e. The monoisotopic (exact) mass is 300 g/mol. The molecule has 1 aliphatic heterocycles. The molecule has 0 radical (unpaired) electrons. The van der Waals surface area contributed by atoms with Gasteiger partial charge in [0.05, 0.1) is 26.2 Å². The fraction of sp³-hybridized carbons (Fsp3) is 0.867. The summed E-state index contributed by atoms with van der Waals surface area (Å²) in [6.07, 6.45) is 0.259. The maximum absolute atomic E-state index is 12.2. The van der Waals surface area contributed by atoms with Crippen molar-refractivity contribution in [2.75, 3.05) is 52.5 Å². The van der Waals surface area contributed by atoms with Crippen molar-refractivity contribution in [2.45, 2.75) is 27.2 Å². The molecule has 0 N–H and O–H groups in total. The van der Waals surface area contributed by atoms with Crippen molar-refractivity contribution in [3.05, 3.63) is 0 Å². The Labute approximate surface area is 127 Å². The second kappa shape index (κ2) is 9.73. The van der Waals surface area contributed by atoms with Gasteiger partial charge in [0.25, 0.3) is 0 Å². The highest BCUT2D eigenvalue weighted by molar-refractivity contribution is 5.79. The lowest BCUT2D eigenvalue weighted by molar-refractivity contribution is -0.144. The van der Waals surface area contributed by atoms with Crippen LogP contribution in [0.4, 0.5) is 0 Å². The van der Waals surface area contributed by atoms with E-state index in [2.05, 4.69) is 4.90 Å². The van der Waals surface area contributed by atoms with E-state index >= 15 is 0 Å². The number of carbonyl (C=O) groups is 2. The second-order valence-electron chi connectivity index (χ2n) is 5.49. The van der Waals surface area contributed by atoms with Crippen molar-refractivity contribution in [2.24, 2.45) is 5.92 Å². The van der Waals surface area contributed by atoms with Gasteiger partial charge in [-0.25, -0.2) is 0 Å². The van der Waals surface area contributed by atoms with Crippen LogP contribution in [0.2, 0.25) is 0 Å². The van der Waals surface area contributed by atoms with Gasteiger partial charge in [0.2, 0.25) is 5.91 Å². The Balaban J connectivity index is 2.43. The van der Waals surface area contributed by atoms with E-state index in [1.54, 1.807) is 11.8 Å². The Morgan fingerprint density at radius 1 is 1.24 bits per heavy atom. The zero-order valence-electron chi connectivity index (χ0n) is 13.5. The molecule has 0 aliphatic carbocycles. The number of carbonyl (C=O) groups excluding carboxylic acids is 2. The van der Waals surface area contributed by atoms with E-state index < -0.39 is 0 Å². The van der Waals surface area contributed by atoms with Gasteiger partial charge >= 0.3 is 5.97 Å². The molecule has 122 valence electrons. The average Bonchev–Trinajstić information content (AvgIpc) is 2.48. The standard InChI is InChI=1S/C15H28N2O4/c1-4-21-14(18)5-6-17(15(19)13(2)3)8-7-16-9-11-20-12-10-16/h13H,4-12H2,1-3H3. The molecule has 21 heavy (non-hydrogen) atoms. The first kappa shape index (κ1) is 17.9. The third-order valence-electron chi connectivity index (χ3n) is 3.49. The molecule has 1 fully saturated rings. The molecule has 0 aromatic carbocycles. The lowest BCUT2D eigenvalue weighted by Gasteiger charge is -2.30. The molecular formula is C15H28N2O4. The molecule has 0 bridgehead atoms. The number of esters is 1. The molecule has 1 heterocycles. The lowest BCUT2D eigenvalue weighted by Crippen LogP contribution is -2.44. The van der Waals surface area contributed by atoms with E-state index in [1.807, 2.05) is 13.8 Å². The van der Waals surface area contributed by atoms with Crippen LogP contribution in [-0.4, -0.2) is 74.2 Å². The van der Waals surface area contributed by atoms with E-state index in [9.17, 15) is 9.59 Å². The Bertz CT molecular complexity index is 328. The van der Waals surface area contributed by atoms with Crippen molar-refractivity contribution in [3.63, 3.8) is 0 Å². The summed E-state index contributed by atoms with van der Waals surface area (Å²) in [5.41, 5.74) is 0. The largest absolute Gasteiger partial charge is 0.466 e. The van der Waals surface area contributed by atoms with E-state index in [1.165, 1.54) is 0 Å². The van der Waals surface area contributed by atoms with E-state index in [-0.39, 0.29) is 24.2 Å². The maximum Gasteiger partial charge on any atom is 0.307 e. The van der Waals surface area contributed by atoms with Crippen molar-refractivity contribution in [3.8, 4) is 0 Å². The predicted octanol–water partition coefficient (Wildman–Crippen LogP) is 0.756. The van der Waals surface area contributed by atoms with Gasteiger partial charge in [0, 0.05) is 38.6 Å². The molecule has 1 rings (SSSR count). The van der Waals surface area contributed by atoms with E-state index in [0.29, 0.717) is 19.7 Å². The molecule has 1 aliphatic rings. The fourth-order valence-corrected chi connectivity index (χ4v) is 2.24. The Morgan fingerprint density at radius 3 is 2.48 bits per heavy atom. The number of ether oxygens (including phenoxy) is 2.